The second kappa shape index (κ2) is 6.35. The molecule has 4 heterocycles. The molecule has 3 aliphatic rings. The summed E-state index contributed by atoms with van der Waals surface area (Å²) in [6.45, 7) is 0.829. The third-order valence-electron chi connectivity index (χ3n) is 5.90. The Hall–Kier alpha value is -2.92. The number of aryl methyl sites for hydroxylation is 1. The van der Waals surface area contributed by atoms with Gasteiger partial charge in [0.1, 0.15) is 6.07 Å². The summed E-state index contributed by atoms with van der Waals surface area (Å²) in [5.41, 5.74) is 0.787. The largest absolute Gasteiger partial charge is 0.465 e. The van der Waals surface area contributed by atoms with E-state index >= 15 is 0 Å². The Bertz CT molecular complexity index is 982. The van der Waals surface area contributed by atoms with Gasteiger partial charge in [0.25, 0.3) is 5.56 Å². The molecule has 2 saturated heterocycles. The molecule has 3 fully saturated rings. The van der Waals surface area contributed by atoms with E-state index in [-0.39, 0.29) is 11.2 Å². The number of hydrogen-bond acceptors (Lipinski definition) is 5. The van der Waals surface area contributed by atoms with Gasteiger partial charge in [0.05, 0.1) is 34.3 Å². The SMILES string of the molecule is N#Cc1cnc2ccc(=O)n(CCC34CCC(NC(=O)O)(CC3)CO4)c2c1. The van der Waals surface area contributed by atoms with Crippen LogP contribution in [0, 0.1) is 11.3 Å². The summed E-state index contributed by atoms with van der Waals surface area (Å²) in [7, 11) is 0. The number of fused-ring (bicyclic) bond motifs is 4. The molecular weight excluding hydrogens is 348 g/mol. The molecule has 0 atom stereocenters. The zero-order valence-electron chi connectivity index (χ0n) is 14.8. The summed E-state index contributed by atoms with van der Waals surface area (Å²) in [5.74, 6) is 0. The van der Waals surface area contributed by atoms with Gasteiger partial charge in [0.15, 0.2) is 0 Å². The second-order valence-corrected chi connectivity index (χ2v) is 7.50. The fourth-order valence-corrected chi connectivity index (χ4v) is 4.25. The molecule has 2 N–H and O–H groups in total. The van der Waals surface area contributed by atoms with Crippen LogP contribution in [0.2, 0.25) is 0 Å². The fraction of sp³-hybridized carbons (Fsp3) is 0.474. The molecule has 1 saturated carbocycles. The molecule has 8 nitrogen and oxygen atoms in total. The minimum absolute atomic E-state index is 0.135. The van der Waals surface area contributed by atoms with Crippen molar-refractivity contribution in [3.63, 3.8) is 0 Å². The Morgan fingerprint density at radius 2 is 2.15 bits per heavy atom. The van der Waals surface area contributed by atoms with Crippen molar-refractivity contribution in [3.8, 4) is 6.07 Å². The van der Waals surface area contributed by atoms with E-state index in [1.165, 1.54) is 12.3 Å². The van der Waals surface area contributed by atoms with Crippen LogP contribution in [-0.2, 0) is 11.3 Å². The zero-order valence-corrected chi connectivity index (χ0v) is 14.8. The maximum absolute atomic E-state index is 12.4. The molecule has 2 bridgehead atoms. The normalized spacial score (nSPS) is 26.6. The van der Waals surface area contributed by atoms with Gasteiger partial charge in [-0.25, -0.2) is 4.79 Å². The minimum Gasteiger partial charge on any atom is -0.465 e. The Morgan fingerprint density at radius 1 is 1.37 bits per heavy atom. The molecule has 2 aromatic heterocycles. The molecule has 140 valence electrons. The van der Waals surface area contributed by atoms with Gasteiger partial charge in [-0.3, -0.25) is 9.78 Å². The molecule has 1 aliphatic carbocycles. The third-order valence-corrected chi connectivity index (χ3v) is 5.90. The van der Waals surface area contributed by atoms with Gasteiger partial charge in [-0.2, -0.15) is 5.26 Å². The molecule has 2 aromatic rings. The molecule has 2 aliphatic heterocycles. The maximum atomic E-state index is 12.4. The molecule has 1 amide bonds. The van der Waals surface area contributed by atoms with Crippen molar-refractivity contribution >= 4 is 17.1 Å². The van der Waals surface area contributed by atoms with E-state index in [2.05, 4.69) is 16.4 Å². The molecule has 5 rings (SSSR count). The van der Waals surface area contributed by atoms with Crippen molar-refractivity contribution in [2.45, 2.75) is 49.8 Å². The summed E-state index contributed by atoms with van der Waals surface area (Å²) < 4.78 is 7.72. The number of nitrogens with one attached hydrogen (secondary N) is 1. The summed E-state index contributed by atoms with van der Waals surface area (Å²) >= 11 is 0. The zero-order chi connectivity index (χ0) is 19.1. The Kier molecular flexibility index (Phi) is 4.12. The lowest BCUT2D eigenvalue weighted by Crippen LogP contribution is -2.62. The van der Waals surface area contributed by atoms with Crippen molar-refractivity contribution in [2.24, 2.45) is 0 Å². The predicted molar refractivity (Wildman–Crippen MR) is 96.4 cm³/mol. The van der Waals surface area contributed by atoms with E-state index in [0.717, 1.165) is 25.7 Å². The number of carboxylic acid groups (broad SMARTS) is 1. The Balaban J connectivity index is 1.55. The van der Waals surface area contributed by atoms with E-state index in [0.29, 0.717) is 36.2 Å². The first-order valence-electron chi connectivity index (χ1n) is 8.99. The monoisotopic (exact) mass is 368 g/mol. The van der Waals surface area contributed by atoms with Crippen LogP contribution in [0.4, 0.5) is 4.79 Å². The summed E-state index contributed by atoms with van der Waals surface area (Å²) in [6.07, 6.45) is 4.13. The number of nitriles is 1. The molecule has 8 heteroatoms. The van der Waals surface area contributed by atoms with Crippen LogP contribution in [0.25, 0.3) is 11.0 Å². The first kappa shape index (κ1) is 17.5. The van der Waals surface area contributed by atoms with Crippen molar-refractivity contribution in [2.75, 3.05) is 6.61 Å². The lowest BCUT2D eigenvalue weighted by molar-refractivity contribution is -0.164. The van der Waals surface area contributed by atoms with Gasteiger partial charge in [0.2, 0.25) is 0 Å². The van der Waals surface area contributed by atoms with Gasteiger partial charge in [-0.1, -0.05) is 0 Å². The van der Waals surface area contributed by atoms with Gasteiger partial charge in [-0.05, 0) is 44.2 Å². The number of aromatic nitrogens is 2. The number of carbonyl (C=O) groups is 1. The van der Waals surface area contributed by atoms with Crippen molar-refractivity contribution in [3.05, 3.63) is 40.3 Å². The van der Waals surface area contributed by atoms with E-state index < -0.39 is 11.6 Å². The van der Waals surface area contributed by atoms with Crippen LogP contribution in [0.1, 0.15) is 37.7 Å². The lowest BCUT2D eigenvalue weighted by atomic mass is 9.70. The molecule has 0 spiro atoms. The topological polar surface area (TPSA) is 117 Å². The number of rotatable bonds is 4. The number of amides is 1. The predicted octanol–water partition coefficient (Wildman–Crippen LogP) is 2.01. The Morgan fingerprint density at radius 3 is 2.78 bits per heavy atom. The van der Waals surface area contributed by atoms with Crippen LogP contribution in [-0.4, -0.2) is 38.5 Å². The molecule has 0 aromatic carbocycles. The van der Waals surface area contributed by atoms with Crippen molar-refractivity contribution in [1.82, 2.24) is 14.9 Å². The first-order valence-corrected chi connectivity index (χ1v) is 8.99. The average molecular weight is 368 g/mol. The summed E-state index contributed by atoms with van der Waals surface area (Å²) in [5, 5.41) is 20.8. The first-order chi connectivity index (χ1) is 12.9. The summed E-state index contributed by atoms with van der Waals surface area (Å²) in [4.78, 5) is 27.7. The van der Waals surface area contributed by atoms with Crippen molar-refractivity contribution in [1.29, 1.82) is 5.26 Å². The molecular formula is C19H20N4O4. The van der Waals surface area contributed by atoms with Crippen LogP contribution >= 0.6 is 0 Å². The van der Waals surface area contributed by atoms with E-state index in [9.17, 15) is 9.59 Å². The molecule has 0 radical (unpaired) electrons. The highest BCUT2D eigenvalue weighted by molar-refractivity contribution is 5.75. The highest BCUT2D eigenvalue weighted by Gasteiger charge is 2.50. The van der Waals surface area contributed by atoms with Crippen molar-refractivity contribution < 1.29 is 14.6 Å². The maximum Gasteiger partial charge on any atom is 0.405 e. The number of ether oxygens (including phenoxy) is 1. The van der Waals surface area contributed by atoms with Gasteiger partial charge >= 0.3 is 6.09 Å². The smallest absolute Gasteiger partial charge is 0.405 e. The second-order valence-electron chi connectivity index (χ2n) is 7.50. The highest BCUT2D eigenvalue weighted by atomic mass is 16.5. The van der Waals surface area contributed by atoms with E-state index in [4.69, 9.17) is 15.1 Å². The Labute approximate surface area is 155 Å². The average Bonchev–Trinajstić information content (AvgIpc) is 2.67. The minimum atomic E-state index is -1.02. The molecule has 0 unspecified atom stereocenters. The standard InChI is InChI=1S/C19H20N4O4/c20-10-13-9-15-14(21-11-13)1-2-16(24)23(15)8-7-19-5-3-18(4-6-19,12-27-19)22-17(25)26/h1-2,9,11,22H,3-8,12H2,(H,25,26). The molecule has 27 heavy (non-hydrogen) atoms. The fourth-order valence-electron chi connectivity index (χ4n) is 4.25. The number of hydrogen-bond donors (Lipinski definition) is 2. The van der Waals surface area contributed by atoms with E-state index in [1.807, 2.05) is 0 Å². The third kappa shape index (κ3) is 3.15. The van der Waals surface area contributed by atoms with Gasteiger partial charge < -0.3 is 19.7 Å². The van der Waals surface area contributed by atoms with Crippen LogP contribution in [0.3, 0.4) is 0 Å². The van der Waals surface area contributed by atoms with Crippen LogP contribution in [0.5, 0.6) is 0 Å². The van der Waals surface area contributed by atoms with Gasteiger partial charge in [-0.15, -0.1) is 0 Å². The van der Waals surface area contributed by atoms with Crippen LogP contribution in [0.15, 0.2) is 29.2 Å². The number of nitrogens with zero attached hydrogens (tertiary/aromatic N) is 3. The quantitative estimate of drug-likeness (QED) is 0.852. The highest BCUT2D eigenvalue weighted by Crippen LogP contribution is 2.45. The van der Waals surface area contributed by atoms with Gasteiger partial charge in [0, 0.05) is 18.8 Å². The van der Waals surface area contributed by atoms with Crippen LogP contribution < -0.4 is 10.9 Å². The number of pyridine rings is 2. The lowest BCUT2D eigenvalue weighted by Gasteiger charge is -2.53. The van der Waals surface area contributed by atoms with E-state index in [1.54, 1.807) is 16.7 Å². The summed E-state index contributed by atoms with van der Waals surface area (Å²) in [6, 6.07) is 6.90.